The van der Waals surface area contributed by atoms with Crippen LogP contribution in [0, 0.1) is 0 Å². The molecule has 5 heteroatoms. The van der Waals surface area contributed by atoms with Crippen molar-refractivity contribution >= 4 is 17.5 Å². The molecule has 0 aliphatic rings. The number of carbonyl (C=O) groups is 1. The van der Waals surface area contributed by atoms with E-state index in [4.69, 9.17) is 21.1 Å². The first-order valence-electron chi connectivity index (χ1n) is 6.04. The lowest BCUT2D eigenvalue weighted by molar-refractivity contribution is 0.0908. The number of carbonyl (C=O) groups excluding carboxylic acids is 1. The fourth-order valence-corrected chi connectivity index (χ4v) is 2.21. The number of halogens is 1. The van der Waals surface area contributed by atoms with Crippen LogP contribution in [0.15, 0.2) is 18.2 Å². The van der Waals surface area contributed by atoms with Crippen molar-refractivity contribution in [2.45, 2.75) is 25.8 Å². The summed E-state index contributed by atoms with van der Waals surface area (Å²) in [6.45, 7) is 3.86. The van der Waals surface area contributed by atoms with Crippen LogP contribution in [0.4, 0.5) is 0 Å². The van der Waals surface area contributed by atoms with Gasteiger partial charge >= 0.3 is 0 Å². The lowest BCUT2D eigenvalue weighted by Gasteiger charge is -2.26. The number of ether oxygens (including phenoxy) is 2. The Balaban J connectivity index is 3.00. The summed E-state index contributed by atoms with van der Waals surface area (Å²) >= 11 is 5.73. The monoisotopic (exact) mass is 285 g/mol. The zero-order valence-corrected chi connectivity index (χ0v) is 12.5. The fraction of sp³-hybridized carbons (Fsp3) is 0.500. The number of hydrogen-bond donors (Lipinski definition) is 1. The second-order valence-electron chi connectivity index (χ2n) is 4.82. The Morgan fingerprint density at radius 1 is 1.32 bits per heavy atom. The van der Waals surface area contributed by atoms with Crippen molar-refractivity contribution in [3.63, 3.8) is 0 Å². The van der Waals surface area contributed by atoms with E-state index in [1.54, 1.807) is 18.2 Å². The topological polar surface area (TPSA) is 47.6 Å². The molecule has 0 atom stereocenters. The highest BCUT2D eigenvalue weighted by Gasteiger charge is 2.23. The van der Waals surface area contributed by atoms with Crippen molar-refractivity contribution < 1.29 is 14.3 Å². The highest BCUT2D eigenvalue weighted by molar-refractivity contribution is 6.17. The van der Waals surface area contributed by atoms with Crippen molar-refractivity contribution in [2.24, 2.45) is 0 Å². The average molecular weight is 286 g/mol. The molecule has 0 fully saturated rings. The second kappa shape index (κ2) is 6.66. The molecule has 0 heterocycles. The Labute approximate surface area is 119 Å². The van der Waals surface area contributed by atoms with Crippen LogP contribution < -0.4 is 14.8 Å². The van der Waals surface area contributed by atoms with Gasteiger partial charge in [-0.1, -0.05) is 6.07 Å². The highest BCUT2D eigenvalue weighted by Crippen LogP contribution is 2.30. The number of alkyl halides is 1. The largest absolute Gasteiger partial charge is 0.493 e. The maximum Gasteiger partial charge on any atom is 0.255 e. The van der Waals surface area contributed by atoms with Crippen molar-refractivity contribution in [3.05, 3.63) is 23.8 Å². The number of amides is 1. The molecule has 1 aromatic carbocycles. The lowest BCUT2D eigenvalue weighted by Crippen LogP contribution is -2.43. The predicted octanol–water partition coefficient (Wildman–Crippen LogP) is 2.84. The van der Waals surface area contributed by atoms with E-state index in [0.717, 1.165) is 0 Å². The first kappa shape index (κ1) is 15.6. The summed E-state index contributed by atoms with van der Waals surface area (Å²) < 4.78 is 10.4. The molecule has 0 saturated heterocycles. The molecule has 0 unspecified atom stereocenters. The number of rotatable bonds is 6. The molecule has 0 bridgehead atoms. The van der Waals surface area contributed by atoms with Crippen molar-refractivity contribution in [2.75, 3.05) is 20.1 Å². The third kappa shape index (κ3) is 4.03. The summed E-state index contributed by atoms with van der Waals surface area (Å²) in [7, 11) is 3.05. The van der Waals surface area contributed by atoms with Gasteiger partial charge in [0.05, 0.1) is 19.8 Å². The van der Waals surface area contributed by atoms with Crippen molar-refractivity contribution in [3.8, 4) is 11.5 Å². The van der Waals surface area contributed by atoms with Gasteiger partial charge in [-0.25, -0.2) is 0 Å². The Bertz CT molecular complexity index is 446. The third-order valence-corrected chi connectivity index (χ3v) is 3.01. The van der Waals surface area contributed by atoms with Crippen LogP contribution in [0.1, 0.15) is 30.6 Å². The molecule has 19 heavy (non-hydrogen) atoms. The van der Waals surface area contributed by atoms with Gasteiger partial charge in [0.1, 0.15) is 0 Å². The van der Waals surface area contributed by atoms with Gasteiger partial charge in [0.15, 0.2) is 11.5 Å². The molecule has 0 spiro atoms. The van der Waals surface area contributed by atoms with Gasteiger partial charge in [-0.3, -0.25) is 4.79 Å². The Morgan fingerprint density at radius 3 is 2.53 bits per heavy atom. The molecular formula is C14H20ClNO3. The first-order chi connectivity index (χ1) is 8.95. The molecule has 0 radical (unpaired) electrons. The summed E-state index contributed by atoms with van der Waals surface area (Å²) in [6, 6.07) is 5.21. The minimum atomic E-state index is -0.368. The van der Waals surface area contributed by atoms with Crippen LogP contribution in [0.2, 0.25) is 0 Å². The Hall–Kier alpha value is -1.42. The third-order valence-electron chi connectivity index (χ3n) is 2.82. The van der Waals surface area contributed by atoms with E-state index in [0.29, 0.717) is 29.4 Å². The minimum absolute atomic E-state index is 0.203. The van der Waals surface area contributed by atoms with Gasteiger partial charge in [-0.05, 0) is 32.4 Å². The number of hydrogen-bond acceptors (Lipinski definition) is 3. The summed E-state index contributed by atoms with van der Waals surface area (Å²) in [5, 5.41) is 2.94. The molecule has 1 rings (SSSR count). The molecule has 106 valence electrons. The normalized spacial score (nSPS) is 11.0. The van der Waals surface area contributed by atoms with E-state index in [2.05, 4.69) is 5.32 Å². The number of para-hydroxylation sites is 1. The first-order valence-corrected chi connectivity index (χ1v) is 6.58. The van der Waals surface area contributed by atoms with E-state index >= 15 is 0 Å². The Morgan fingerprint density at radius 2 is 2.00 bits per heavy atom. The predicted molar refractivity (Wildman–Crippen MR) is 76.4 cm³/mol. The van der Waals surface area contributed by atoms with E-state index in [-0.39, 0.29) is 11.4 Å². The molecule has 0 aromatic heterocycles. The van der Waals surface area contributed by atoms with Crippen LogP contribution >= 0.6 is 11.6 Å². The minimum Gasteiger partial charge on any atom is -0.493 e. The second-order valence-corrected chi connectivity index (χ2v) is 5.20. The van der Waals surface area contributed by atoms with Gasteiger partial charge in [-0.15, -0.1) is 11.6 Å². The van der Waals surface area contributed by atoms with Gasteiger partial charge in [-0.2, -0.15) is 0 Å². The summed E-state index contributed by atoms with van der Waals surface area (Å²) in [5.41, 5.74) is 0.0805. The van der Waals surface area contributed by atoms with Crippen LogP contribution in [0.25, 0.3) is 0 Å². The van der Waals surface area contributed by atoms with Gasteiger partial charge < -0.3 is 14.8 Å². The number of nitrogens with one attached hydrogen (secondary N) is 1. The SMILES string of the molecule is COc1cccc(C(=O)NC(C)(C)CCCl)c1OC. The van der Waals surface area contributed by atoms with Crippen LogP contribution in [-0.2, 0) is 0 Å². The molecule has 0 saturated carbocycles. The van der Waals surface area contributed by atoms with Crippen molar-refractivity contribution in [1.29, 1.82) is 0 Å². The highest BCUT2D eigenvalue weighted by atomic mass is 35.5. The quantitative estimate of drug-likeness (QED) is 0.818. The fourth-order valence-electron chi connectivity index (χ4n) is 1.74. The standard InChI is InChI=1S/C14H20ClNO3/c1-14(2,8-9-15)16-13(17)10-6-5-7-11(18-3)12(10)19-4/h5-7H,8-9H2,1-4H3,(H,16,17). The zero-order valence-electron chi connectivity index (χ0n) is 11.7. The molecular weight excluding hydrogens is 266 g/mol. The van der Waals surface area contributed by atoms with E-state index in [1.165, 1.54) is 14.2 Å². The molecule has 0 aliphatic carbocycles. The van der Waals surface area contributed by atoms with Gasteiger partial charge in [0.25, 0.3) is 5.91 Å². The van der Waals surface area contributed by atoms with E-state index < -0.39 is 0 Å². The Kier molecular flexibility index (Phi) is 5.48. The lowest BCUT2D eigenvalue weighted by atomic mass is 10.0. The van der Waals surface area contributed by atoms with Crippen LogP contribution in [0.3, 0.4) is 0 Å². The van der Waals surface area contributed by atoms with Crippen LogP contribution in [-0.4, -0.2) is 31.5 Å². The molecule has 1 amide bonds. The van der Waals surface area contributed by atoms with E-state index in [9.17, 15) is 4.79 Å². The molecule has 1 N–H and O–H groups in total. The summed E-state index contributed by atoms with van der Waals surface area (Å²) in [5.74, 6) is 1.25. The average Bonchev–Trinajstić information content (AvgIpc) is 2.36. The molecule has 1 aromatic rings. The van der Waals surface area contributed by atoms with Crippen LogP contribution in [0.5, 0.6) is 11.5 Å². The summed E-state index contributed by atoms with van der Waals surface area (Å²) in [4.78, 5) is 12.3. The van der Waals surface area contributed by atoms with Crippen molar-refractivity contribution in [1.82, 2.24) is 5.32 Å². The summed E-state index contributed by atoms with van der Waals surface area (Å²) in [6.07, 6.45) is 0.687. The van der Waals surface area contributed by atoms with E-state index in [1.807, 2.05) is 13.8 Å². The van der Waals surface area contributed by atoms with Gasteiger partial charge in [0.2, 0.25) is 0 Å². The maximum atomic E-state index is 12.3. The number of benzene rings is 1. The maximum absolute atomic E-state index is 12.3. The molecule has 4 nitrogen and oxygen atoms in total. The smallest absolute Gasteiger partial charge is 0.255 e. The molecule has 0 aliphatic heterocycles. The zero-order chi connectivity index (χ0) is 14.5. The number of methoxy groups -OCH3 is 2. The van der Waals surface area contributed by atoms with Gasteiger partial charge in [0, 0.05) is 11.4 Å².